The summed E-state index contributed by atoms with van der Waals surface area (Å²) in [7, 11) is 0. The number of aliphatic hydroxyl groups is 1. The van der Waals surface area contributed by atoms with E-state index < -0.39 is 12.3 Å². The minimum absolute atomic E-state index is 0.0291. The van der Waals surface area contributed by atoms with Crippen LogP contribution in [-0.4, -0.2) is 24.5 Å². The zero-order valence-corrected chi connectivity index (χ0v) is 8.12. The SMILES string of the molecule is O[C@H](c1cccc2c1OCCO2)C(F)(F)F. The van der Waals surface area contributed by atoms with Gasteiger partial charge >= 0.3 is 6.18 Å². The van der Waals surface area contributed by atoms with E-state index in [1.807, 2.05) is 0 Å². The number of rotatable bonds is 1. The van der Waals surface area contributed by atoms with E-state index in [1.54, 1.807) is 0 Å². The fourth-order valence-corrected chi connectivity index (χ4v) is 1.49. The lowest BCUT2D eigenvalue weighted by Crippen LogP contribution is -2.23. The van der Waals surface area contributed by atoms with Gasteiger partial charge in [0.2, 0.25) is 0 Å². The first-order valence-corrected chi connectivity index (χ1v) is 4.63. The van der Waals surface area contributed by atoms with Crippen molar-refractivity contribution >= 4 is 0 Å². The van der Waals surface area contributed by atoms with Crippen LogP contribution in [0, 0.1) is 0 Å². The highest BCUT2D eigenvalue weighted by Crippen LogP contribution is 2.42. The van der Waals surface area contributed by atoms with E-state index in [4.69, 9.17) is 14.6 Å². The summed E-state index contributed by atoms with van der Waals surface area (Å²) in [4.78, 5) is 0. The maximum absolute atomic E-state index is 12.4. The Morgan fingerprint density at radius 2 is 1.88 bits per heavy atom. The maximum atomic E-state index is 12.4. The summed E-state index contributed by atoms with van der Waals surface area (Å²) in [6.07, 6.45) is -7.26. The van der Waals surface area contributed by atoms with E-state index in [0.29, 0.717) is 6.61 Å². The second-order valence-electron chi connectivity index (χ2n) is 3.32. The molecule has 1 aliphatic heterocycles. The lowest BCUT2D eigenvalue weighted by Gasteiger charge is -2.23. The highest BCUT2D eigenvalue weighted by molar-refractivity contribution is 5.48. The molecule has 0 spiro atoms. The molecule has 0 amide bonds. The number of hydrogen-bond donors (Lipinski definition) is 1. The van der Waals surface area contributed by atoms with Crippen LogP contribution in [0.5, 0.6) is 11.5 Å². The van der Waals surface area contributed by atoms with Gasteiger partial charge in [-0.05, 0) is 6.07 Å². The van der Waals surface area contributed by atoms with Crippen LogP contribution in [0.25, 0.3) is 0 Å². The summed E-state index contributed by atoms with van der Waals surface area (Å²) in [6.45, 7) is 0.465. The van der Waals surface area contributed by atoms with E-state index >= 15 is 0 Å². The molecule has 0 fully saturated rings. The third kappa shape index (κ3) is 1.92. The van der Waals surface area contributed by atoms with Crippen molar-refractivity contribution in [3.05, 3.63) is 23.8 Å². The quantitative estimate of drug-likeness (QED) is 0.808. The number of benzene rings is 1. The molecule has 88 valence electrons. The van der Waals surface area contributed by atoms with Gasteiger partial charge in [-0.1, -0.05) is 12.1 Å². The number of hydrogen-bond acceptors (Lipinski definition) is 3. The molecule has 1 heterocycles. The van der Waals surface area contributed by atoms with Gasteiger partial charge < -0.3 is 14.6 Å². The number of ether oxygens (including phenoxy) is 2. The van der Waals surface area contributed by atoms with Gasteiger partial charge in [0.15, 0.2) is 17.6 Å². The molecular weight excluding hydrogens is 225 g/mol. The van der Waals surface area contributed by atoms with Crippen LogP contribution in [-0.2, 0) is 0 Å². The lowest BCUT2D eigenvalue weighted by molar-refractivity contribution is -0.207. The Morgan fingerprint density at radius 1 is 1.19 bits per heavy atom. The van der Waals surface area contributed by atoms with Crippen LogP contribution < -0.4 is 9.47 Å². The van der Waals surface area contributed by atoms with E-state index in [9.17, 15) is 13.2 Å². The molecule has 2 rings (SSSR count). The Hall–Kier alpha value is -1.43. The maximum Gasteiger partial charge on any atom is 0.418 e. The fraction of sp³-hybridized carbons (Fsp3) is 0.400. The highest BCUT2D eigenvalue weighted by Gasteiger charge is 2.41. The molecule has 0 saturated carbocycles. The zero-order chi connectivity index (χ0) is 11.8. The van der Waals surface area contributed by atoms with Gasteiger partial charge in [-0.3, -0.25) is 0 Å². The van der Waals surface area contributed by atoms with E-state index in [1.165, 1.54) is 18.2 Å². The van der Waals surface area contributed by atoms with Gasteiger partial charge in [-0.15, -0.1) is 0 Å². The predicted octanol–water partition coefficient (Wildman–Crippen LogP) is 2.05. The summed E-state index contributed by atoms with van der Waals surface area (Å²) < 4.78 is 47.3. The van der Waals surface area contributed by atoms with Crippen LogP contribution in [0.2, 0.25) is 0 Å². The van der Waals surface area contributed by atoms with Crippen LogP contribution in [0.3, 0.4) is 0 Å². The molecule has 0 aliphatic carbocycles. The molecule has 3 nitrogen and oxygen atoms in total. The van der Waals surface area contributed by atoms with Crippen molar-refractivity contribution < 1.29 is 27.8 Å². The van der Waals surface area contributed by atoms with Crippen molar-refractivity contribution in [3.63, 3.8) is 0 Å². The monoisotopic (exact) mass is 234 g/mol. The van der Waals surface area contributed by atoms with Crippen LogP contribution in [0.1, 0.15) is 11.7 Å². The highest BCUT2D eigenvalue weighted by atomic mass is 19.4. The summed E-state index contributed by atoms with van der Waals surface area (Å²) in [5.41, 5.74) is -0.315. The van der Waals surface area contributed by atoms with Gasteiger partial charge in [-0.25, -0.2) is 0 Å². The average molecular weight is 234 g/mol. The first-order valence-electron chi connectivity index (χ1n) is 4.63. The number of fused-ring (bicyclic) bond motifs is 1. The minimum Gasteiger partial charge on any atom is -0.486 e. The average Bonchev–Trinajstić information content (AvgIpc) is 2.26. The van der Waals surface area contributed by atoms with Crippen molar-refractivity contribution in [2.45, 2.75) is 12.3 Å². The first-order chi connectivity index (χ1) is 7.50. The largest absolute Gasteiger partial charge is 0.486 e. The van der Waals surface area contributed by atoms with Crippen molar-refractivity contribution in [2.75, 3.05) is 13.2 Å². The summed E-state index contributed by atoms with van der Waals surface area (Å²) in [6, 6.07) is 4.06. The second-order valence-corrected chi connectivity index (χ2v) is 3.32. The molecular formula is C10H9F3O3. The Bertz CT molecular complexity index is 389. The van der Waals surface area contributed by atoms with E-state index in [-0.39, 0.29) is 23.7 Å². The number of halogens is 3. The molecule has 0 radical (unpaired) electrons. The second kappa shape index (κ2) is 3.86. The summed E-state index contributed by atoms with van der Waals surface area (Å²) in [5, 5.41) is 9.15. The third-order valence-corrected chi connectivity index (χ3v) is 2.20. The van der Waals surface area contributed by atoms with Crippen LogP contribution in [0.15, 0.2) is 18.2 Å². The van der Waals surface area contributed by atoms with Crippen molar-refractivity contribution in [2.24, 2.45) is 0 Å². The van der Waals surface area contributed by atoms with Gasteiger partial charge in [0.25, 0.3) is 0 Å². The summed E-state index contributed by atoms with van der Waals surface area (Å²) in [5.74, 6) is 0.200. The van der Waals surface area contributed by atoms with Gasteiger partial charge in [0, 0.05) is 5.56 Å². The van der Waals surface area contributed by atoms with Crippen molar-refractivity contribution in [1.82, 2.24) is 0 Å². The Kier molecular flexibility index (Phi) is 2.67. The molecule has 0 aromatic heterocycles. The molecule has 16 heavy (non-hydrogen) atoms. The zero-order valence-electron chi connectivity index (χ0n) is 8.12. The topological polar surface area (TPSA) is 38.7 Å². The molecule has 1 aromatic rings. The number of alkyl halides is 3. The number of aliphatic hydroxyl groups excluding tert-OH is 1. The molecule has 0 saturated heterocycles. The standard InChI is InChI=1S/C10H9F3O3/c11-10(12,13)9(14)6-2-1-3-7-8(6)16-5-4-15-7/h1-3,9,14H,4-5H2/t9-/m1/s1. The Morgan fingerprint density at radius 3 is 2.56 bits per heavy atom. The molecule has 6 heteroatoms. The molecule has 0 unspecified atom stereocenters. The van der Waals surface area contributed by atoms with Crippen molar-refractivity contribution in [1.29, 1.82) is 0 Å². The summed E-state index contributed by atoms with van der Waals surface area (Å²) >= 11 is 0. The van der Waals surface area contributed by atoms with Gasteiger partial charge in [-0.2, -0.15) is 13.2 Å². The smallest absolute Gasteiger partial charge is 0.418 e. The minimum atomic E-state index is -4.71. The molecule has 1 aliphatic rings. The van der Waals surface area contributed by atoms with Crippen LogP contribution in [0.4, 0.5) is 13.2 Å². The van der Waals surface area contributed by atoms with E-state index in [2.05, 4.69) is 0 Å². The third-order valence-electron chi connectivity index (χ3n) is 2.20. The van der Waals surface area contributed by atoms with Gasteiger partial charge in [0.1, 0.15) is 13.2 Å². The molecule has 1 atom stereocenters. The van der Waals surface area contributed by atoms with Crippen LogP contribution >= 0.6 is 0 Å². The Balaban J connectivity index is 2.41. The molecule has 1 N–H and O–H groups in total. The van der Waals surface area contributed by atoms with Crippen molar-refractivity contribution in [3.8, 4) is 11.5 Å². The normalized spacial score (nSPS) is 17.0. The van der Waals surface area contributed by atoms with E-state index in [0.717, 1.165) is 0 Å². The van der Waals surface area contributed by atoms with Gasteiger partial charge in [0.05, 0.1) is 0 Å². The molecule has 1 aromatic carbocycles. The lowest BCUT2D eigenvalue weighted by atomic mass is 10.1. The Labute approximate surface area is 89.4 Å². The fourth-order valence-electron chi connectivity index (χ4n) is 1.49. The number of para-hydroxylation sites is 1. The molecule has 0 bridgehead atoms. The first kappa shape index (κ1) is 11.1. The predicted molar refractivity (Wildman–Crippen MR) is 48.4 cm³/mol.